The summed E-state index contributed by atoms with van der Waals surface area (Å²) in [6.45, 7) is 0.986. The standard InChI is InChI=1S/C7H18N2OS/c1-8-11(4,10)7-5-6-9(2)3/h5-7H2,1-4H3. The van der Waals surface area contributed by atoms with Crippen molar-refractivity contribution < 1.29 is 4.21 Å². The van der Waals surface area contributed by atoms with Crippen molar-refractivity contribution in [2.24, 2.45) is 4.36 Å². The highest BCUT2D eigenvalue weighted by atomic mass is 32.2. The molecule has 1 unspecified atom stereocenters. The Morgan fingerprint density at radius 3 is 2.36 bits per heavy atom. The molecule has 0 aromatic rings. The predicted molar refractivity (Wildman–Crippen MR) is 50.5 cm³/mol. The first-order valence-electron chi connectivity index (χ1n) is 3.70. The molecule has 0 bridgehead atoms. The van der Waals surface area contributed by atoms with Gasteiger partial charge in [-0.2, -0.15) is 0 Å². The average molecular weight is 178 g/mol. The largest absolute Gasteiger partial charge is 0.309 e. The van der Waals surface area contributed by atoms with E-state index in [2.05, 4.69) is 9.26 Å². The number of rotatable bonds is 4. The third-order valence-electron chi connectivity index (χ3n) is 1.51. The van der Waals surface area contributed by atoms with Gasteiger partial charge in [-0.15, -0.1) is 0 Å². The van der Waals surface area contributed by atoms with Crippen molar-refractivity contribution in [2.45, 2.75) is 6.42 Å². The highest BCUT2D eigenvalue weighted by molar-refractivity contribution is 7.92. The van der Waals surface area contributed by atoms with Gasteiger partial charge in [-0.3, -0.25) is 4.21 Å². The minimum absolute atomic E-state index is 0.710. The second kappa shape index (κ2) is 4.72. The van der Waals surface area contributed by atoms with Crippen LogP contribution in [0.2, 0.25) is 0 Å². The smallest absolute Gasteiger partial charge is 0.0436 e. The van der Waals surface area contributed by atoms with Gasteiger partial charge < -0.3 is 4.90 Å². The normalized spacial score (nSPS) is 16.5. The van der Waals surface area contributed by atoms with E-state index in [1.807, 2.05) is 14.1 Å². The number of nitrogens with zero attached hydrogens (tertiary/aromatic N) is 2. The Kier molecular flexibility index (Phi) is 4.68. The zero-order valence-corrected chi connectivity index (χ0v) is 8.65. The third-order valence-corrected chi connectivity index (χ3v) is 3.33. The summed E-state index contributed by atoms with van der Waals surface area (Å²) >= 11 is 0. The first-order chi connectivity index (χ1) is 4.98. The van der Waals surface area contributed by atoms with Gasteiger partial charge in [0.05, 0.1) is 0 Å². The molecular weight excluding hydrogens is 160 g/mol. The lowest BCUT2D eigenvalue weighted by atomic mass is 10.5. The van der Waals surface area contributed by atoms with E-state index < -0.39 is 9.73 Å². The molecule has 68 valence electrons. The Labute approximate surface area is 70.0 Å². The fourth-order valence-corrected chi connectivity index (χ4v) is 1.59. The fraction of sp³-hybridized carbons (Fsp3) is 1.00. The summed E-state index contributed by atoms with van der Waals surface area (Å²) in [5.41, 5.74) is 0. The molecule has 0 aromatic carbocycles. The van der Waals surface area contributed by atoms with Crippen molar-refractivity contribution in [3.63, 3.8) is 0 Å². The Morgan fingerprint density at radius 1 is 1.45 bits per heavy atom. The lowest BCUT2D eigenvalue weighted by molar-refractivity contribution is 0.409. The van der Waals surface area contributed by atoms with E-state index >= 15 is 0 Å². The molecule has 0 N–H and O–H groups in total. The van der Waals surface area contributed by atoms with Crippen LogP contribution in [0.3, 0.4) is 0 Å². The molecular formula is C7H18N2OS. The molecule has 0 amide bonds. The van der Waals surface area contributed by atoms with Gasteiger partial charge in [0.1, 0.15) is 0 Å². The van der Waals surface area contributed by atoms with Crippen LogP contribution >= 0.6 is 0 Å². The van der Waals surface area contributed by atoms with Crippen molar-refractivity contribution >= 4 is 9.73 Å². The molecule has 1 atom stereocenters. The summed E-state index contributed by atoms with van der Waals surface area (Å²) in [5.74, 6) is 0.710. The molecule has 0 saturated carbocycles. The summed E-state index contributed by atoms with van der Waals surface area (Å²) in [7, 11) is 3.79. The van der Waals surface area contributed by atoms with Crippen molar-refractivity contribution in [1.82, 2.24) is 4.90 Å². The highest BCUT2D eigenvalue weighted by Crippen LogP contribution is 1.93. The van der Waals surface area contributed by atoms with Crippen molar-refractivity contribution in [3.8, 4) is 0 Å². The predicted octanol–water partition coefficient (Wildman–Crippen LogP) is 0.666. The molecule has 0 heterocycles. The summed E-state index contributed by atoms with van der Waals surface area (Å²) < 4.78 is 15.2. The molecule has 0 aliphatic heterocycles. The van der Waals surface area contributed by atoms with E-state index in [1.54, 1.807) is 13.3 Å². The van der Waals surface area contributed by atoms with Crippen LogP contribution in [0.4, 0.5) is 0 Å². The summed E-state index contributed by atoms with van der Waals surface area (Å²) in [6, 6.07) is 0. The molecule has 0 aromatic heterocycles. The van der Waals surface area contributed by atoms with E-state index in [4.69, 9.17) is 0 Å². The highest BCUT2D eigenvalue weighted by Gasteiger charge is 1.99. The van der Waals surface area contributed by atoms with Gasteiger partial charge in [-0.1, -0.05) is 0 Å². The minimum Gasteiger partial charge on any atom is -0.309 e. The summed E-state index contributed by atoms with van der Waals surface area (Å²) in [5, 5.41) is 0. The molecule has 0 fully saturated rings. The molecule has 3 nitrogen and oxygen atoms in total. The lowest BCUT2D eigenvalue weighted by Crippen LogP contribution is -2.16. The molecule has 0 saturated heterocycles. The van der Waals surface area contributed by atoms with Crippen LogP contribution in [0.5, 0.6) is 0 Å². The quantitative estimate of drug-likeness (QED) is 0.633. The summed E-state index contributed by atoms with van der Waals surface area (Å²) in [6.07, 6.45) is 2.67. The Bertz CT molecular complexity index is 204. The summed E-state index contributed by atoms with van der Waals surface area (Å²) in [4.78, 5) is 2.09. The first kappa shape index (κ1) is 10.9. The molecule has 0 radical (unpaired) electrons. The van der Waals surface area contributed by atoms with Gasteiger partial charge in [-0.25, -0.2) is 4.36 Å². The molecule has 0 aliphatic carbocycles. The van der Waals surface area contributed by atoms with Gasteiger partial charge >= 0.3 is 0 Å². The first-order valence-corrected chi connectivity index (χ1v) is 5.80. The average Bonchev–Trinajstić information content (AvgIpc) is 1.87. The molecule has 4 heteroatoms. The van der Waals surface area contributed by atoms with Crippen LogP contribution in [0, 0.1) is 0 Å². The SMILES string of the molecule is CN=S(C)(=O)CCCN(C)C. The molecule has 0 spiro atoms. The maximum absolute atomic E-state index is 11.4. The van der Waals surface area contributed by atoms with Crippen molar-refractivity contribution in [2.75, 3.05) is 39.7 Å². The van der Waals surface area contributed by atoms with Crippen LogP contribution in [0.1, 0.15) is 6.42 Å². The Balaban J connectivity index is 3.65. The monoisotopic (exact) mass is 178 g/mol. The number of hydrogen-bond donors (Lipinski definition) is 0. The van der Waals surface area contributed by atoms with Gasteiger partial charge in [-0.05, 0) is 27.1 Å². The van der Waals surface area contributed by atoms with Crippen LogP contribution in [0.15, 0.2) is 4.36 Å². The Morgan fingerprint density at radius 2 is 2.00 bits per heavy atom. The third kappa shape index (κ3) is 6.31. The maximum atomic E-state index is 11.4. The fourth-order valence-electron chi connectivity index (χ4n) is 0.740. The zero-order valence-electron chi connectivity index (χ0n) is 7.83. The van der Waals surface area contributed by atoms with Gasteiger partial charge in [0.2, 0.25) is 0 Å². The van der Waals surface area contributed by atoms with Crippen LogP contribution < -0.4 is 0 Å². The molecule has 0 aliphatic rings. The van der Waals surface area contributed by atoms with E-state index in [1.165, 1.54) is 0 Å². The van der Waals surface area contributed by atoms with Gasteiger partial charge in [0.25, 0.3) is 0 Å². The minimum atomic E-state index is -1.87. The van der Waals surface area contributed by atoms with Crippen molar-refractivity contribution in [1.29, 1.82) is 0 Å². The maximum Gasteiger partial charge on any atom is 0.0436 e. The topological polar surface area (TPSA) is 32.7 Å². The van der Waals surface area contributed by atoms with Crippen LogP contribution in [0.25, 0.3) is 0 Å². The van der Waals surface area contributed by atoms with E-state index in [-0.39, 0.29) is 0 Å². The van der Waals surface area contributed by atoms with E-state index in [9.17, 15) is 4.21 Å². The second-order valence-electron chi connectivity index (χ2n) is 3.00. The van der Waals surface area contributed by atoms with Crippen molar-refractivity contribution in [3.05, 3.63) is 0 Å². The van der Waals surface area contributed by atoms with Crippen LogP contribution in [-0.4, -0.2) is 48.8 Å². The van der Waals surface area contributed by atoms with Gasteiger partial charge in [0, 0.05) is 28.8 Å². The lowest BCUT2D eigenvalue weighted by Gasteiger charge is -2.08. The van der Waals surface area contributed by atoms with E-state index in [0.717, 1.165) is 13.0 Å². The van der Waals surface area contributed by atoms with Gasteiger partial charge in [0.15, 0.2) is 0 Å². The zero-order chi connectivity index (χ0) is 8.91. The molecule has 11 heavy (non-hydrogen) atoms. The second-order valence-corrected chi connectivity index (χ2v) is 5.70. The number of hydrogen-bond acceptors (Lipinski definition) is 3. The Hall–Kier alpha value is -0.0900. The molecule has 0 rings (SSSR count). The van der Waals surface area contributed by atoms with Crippen LogP contribution in [-0.2, 0) is 9.73 Å². The van der Waals surface area contributed by atoms with E-state index in [0.29, 0.717) is 5.75 Å².